The molecule has 0 bridgehead atoms. The van der Waals surface area contributed by atoms with Gasteiger partial charge < -0.3 is 19.5 Å². The van der Waals surface area contributed by atoms with Crippen molar-refractivity contribution >= 4 is 56.5 Å². The molecular weight excluding hydrogens is 560 g/mol. The summed E-state index contributed by atoms with van der Waals surface area (Å²) in [5.74, 6) is 0.503. The summed E-state index contributed by atoms with van der Waals surface area (Å²) in [7, 11) is 1.33. The van der Waals surface area contributed by atoms with Crippen LogP contribution in [-0.2, 0) is 9.53 Å². The molecule has 1 aliphatic heterocycles. The number of para-hydroxylation sites is 1. The second-order valence-electron chi connectivity index (χ2n) is 9.68. The molecule has 1 amide bonds. The molecule has 1 N–H and O–H groups in total. The fourth-order valence-electron chi connectivity index (χ4n) is 5.03. The fraction of sp³-hybridized carbons (Fsp3) is 0.267. The van der Waals surface area contributed by atoms with Crippen molar-refractivity contribution < 1.29 is 23.8 Å². The van der Waals surface area contributed by atoms with Crippen LogP contribution >= 0.6 is 23.1 Å². The number of pyridine rings is 1. The Morgan fingerprint density at radius 1 is 1.10 bits per heavy atom. The molecule has 11 heteroatoms. The van der Waals surface area contributed by atoms with Gasteiger partial charge in [0.1, 0.15) is 23.8 Å². The SMILES string of the molecule is CCC(Sc1nnc2cc(C)c3cccc(C)c3n12)C(=O)Nc1scc(-c2ccc3c(c2)OCCO3)c1C(=O)OC. The lowest BCUT2D eigenvalue weighted by atomic mass is 10.0. The van der Waals surface area contributed by atoms with Crippen LogP contribution in [0.4, 0.5) is 5.00 Å². The molecule has 6 rings (SSSR count). The summed E-state index contributed by atoms with van der Waals surface area (Å²) in [6, 6.07) is 13.7. The van der Waals surface area contributed by atoms with Gasteiger partial charge in [0.25, 0.3) is 0 Å². The first kappa shape index (κ1) is 27.1. The molecule has 0 saturated carbocycles. The van der Waals surface area contributed by atoms with Crippen LogP contribution in [0.25, 0.3) is 27.7 Å². The Bertz CT molecular complexity index is 1810. The number of aryl methyl sites for hydroxylation is 2. The number of methoxy groups -OCH3 is 1. The first-order chi connectivity index (χ1) is 19.9. The number of amides is 1. The molecule has 41 heavy (non-hydrogen) atoms. The van der Waals surface area contributed by atoms with E-state index in [1.54, 1.807) is 0 Å². The molecule has 1 atom stereocenters. The van der Waals surface area contributed by atoms with Gasteiger partial charge in [0.15, 0.2) is 22.3 Å². The second kappa shape index (κ2) is 11.1. The molecule has 0 saturated heterocycles. The molecule has 1 unspecified atom stereocenters. The number of anilines is 1. The van der Waals surface area contributed by atoms with Crippen molar-refractivity contribution in [2.24, 2.45) is 0 Å². The maximum Gasteiger partial charge on any atom is 0.341 e. The van der Waals surface area contributed by atoms with Crippen LogP contribution in [-0.4, -0.2) is 52.0 Å². The quantitative estimate of drug-likeness (QED) is 0.175. The topological polar surface area (TPSA) is 104 Å². The highest BCUT2D eigenvalue weighted by Gasteiger charge is 2.27. The minimum absolute atomic E-state index is 0.233. The van der Waals surface area contributed by atoms with Crippen molar-refractivity contribution in [3.05, 3.63) is 64.5 Å². The number of aromatic nitrogens is 3. The number of esters is 1. The number of fused-ring (bicyclic) bond motifs is 4. The average Bonchev–Trinajstić information content (AvgIpc) is 3.59. The zero-order valence-corrected chi connectivity index (χ0v) is 24.6. The highest BCUT2D eigenvalue weighted by Crippen LogP contribution is 2.41. The van der Waals surface area contributed by atoms with Crippen molar-refractivity contribution in [3.8, 4) is 22.6 Å². The van der Waals surface area contributed by atoms with Crippen LogP contribution in [0.2, 0.25) is 0 Å². The summed E-state index contributed by atoms with van der Waals surface area (Å²) in [6.45, 7) is 7.02. The Morgan fingerprint density at radius 3 is 2.68 bits per heavy atom. The molecular formula is C30H28N4O5S2. The van der Waals surface area contributed by atoms with Gasteiger partial charge in [-0.1, -0.05) is 43.0 Å². The van der Waals surface area contributed by atoms with Gasteiger partial charge in [0.05, 0.1) is 17.9 Å². The number of ether oxygens (including phenoxy) is 3. The maximum absolute atomic E-state index is 13.6. The summed E-state index contributed by atoms with van der Waals surface area (Å²) in [5, 5.41) is 15.4. The number of carbonyl (C=O) groups excluding carboxylic acids is 2. The number of nitrogens with zero attached hydrogens (tertiary/aromatic N) is 3. The van der Waals surface area contributed by atoms with Crippen LogP contribution in [0, 0.1) is 13.8 Å². The molecule has 0 radical (unpaired) electrons. The Labute approximate surface area is 244 Å². The van der Waals surface area contributed by atoms with Crippen molar-refractivity contribution in [1.82, 2.24) is 14.6 Å². The summed E-state index contributed by atoms with van der Waals surface area (Å²) >= 11 is 2.63. The zero-order chi connectivity index (χ0) is 28.7. The predicted octanol–water partition coefficient (Wildman–Crippen LogP) is 6.30. The average molecular weight is 589 g/mol. The summed E-state index contributed by atoms with van der Waals surface area (Å²) in [4.78, 5) is 26.6. The molecule has 1 aliphatic rings. The highest BCUT2D eigenvalue weighted by molar-refractivity contribution is 8.00. The van der Waals surface area contributed by atoms with E-state index in [0.29, 0.717) is 52.4 Å². The van der Waals surface area contributed by atoms with E-state index in [-0.39, 0.29) is 5.91 Å². The van der Waals surface area contributed by atoms with Crippen molar-refractivity contribution in [2.45, 2.75) is 37.6 Å². The smallest absolute Gasteiger partial charge is 0.341 e. The monoisotopic (exact) mass is 588 g/mol. The molecule has 0 spiro atoms. The van der Waals surface area contributed by atoms with E-state index < -0.39 is 11.2 Å². The lowest BCUT2D eigenvalue weighted by Gasteiger charge is -2.19. The highest BCUT2D eigenvalue weighted by atomic mass is 32.2. The molecule has 5 aromatic rings. The van der Waals surface area contributed by atoms with Gasteiger partial charge in [-0.05, 0) is 55.2 Å². The lowest BCUT2D eigenvalue weighted by Crippen LogP contribution is -2.25. The predicted molar refractivity (Wildman–Crippen MR) is 161 cm³/mol. The van der Waals surface area contributed by atoms with Crippen LogP contribution < -0.4 is 14.8 Å². The van der Waals surface area contributed by atoms with Gasteiger partial charge >= 0.3 is 5.97 Å². The van der Waals surface area contributed by atoms with Crippen LogP contribution in [0.3, 0.4) is 0 Å². The number of rotatable bonds is 7. The number of hydrogen-bond donors (Lipinski definition) is 1. The van der Waals surface area contributed by atoms with Crippen LogP contribution in [0.1, 0.15) is 34.8 Å². The van der Waals surface area contributed by atoms with E-state index in [2.05, 4.69) is 41.5 Å². The van der Waals surface area contributed by atoms with E-state index in [4.69, 9.17) is 14.2 Å². The zero-order valence-electron chi connectivity index (χ0n) is 23.0. The third-order valence-electron chi connectivity index (χ3n) is 7.07. The second-order valence-corrected chi connectivity index (χ2v) is 11.7. The number of benzene rings is 2. The van der Waals surface area contributed by atoms with Gasteiger partial charge in [-0.3, -0.25) is 9.20 Å². The van der Waals surface area contributed by atoms with Gasteiger partial charge in [0.2, 0.25) is 5.91 Å². The maximum atomic E-state index is 13.6. The molecule has 9 nitrogen and oxygen atoms in total. The number of thiophene rings is 1. The van der Waals surface area contributed by atoms with Crippen molar-refractivity contribution in [1.29, 1.82) is 0 Å². The lowest BCUT2D eigenvalue weighted by molar-refractivity contribution is -0.115. The minimum atomic E-state index is -0.534. The van der Waals surface area contributed by atoms with E-state index in [1.807, 2.05) is 47.0 Å². The van der Waals surface area contributed by atoms with Gasteiger partial charge in [-0.2, -0.15) is 0 Å². The third kappa shape index (κ3) is 4.89. The molecule has 0 fully saturated rings. The number of nitrogens with one attached hydrogen (secondary N) is 1. The fourth-order valence-corrected chi connectivity index (χ4v) is 6.95. The third-order valence-corrected chi connectivity index (χ3v) is 9.27. The number of thioether (sulfide) groups is 1. The van der Waals surface area contributed by atoms with Gasteiger partial charge in [0, 0.05) is 16.3 Å². The van der Waals surface area contributed by atoms with E-state index in [9.17, 15) is 9.59 Å². The number of hydrogen-bond acceptors (Lipinski definition) is 9. The normalized spacial score (nSPS) is 13.4. The van der Waals surface area contributed by atoms with Crippen LogP contribution in [0.15, 0.2) is 53.0 Å². The standard InChI is InChI=1S/C30H28N4O5S2/c1-5-23(41-30-33-32-24-13-17(3)19-8-6-7-16(2)26(19)34(24)30)27(35)31-28-25(29(36)37-4)20(15-40-28)18-9-10-21-22(14-18)39-12-11-38-21/h6-10,13-15,23H,5,11-12H2,1-4H3,(H,31,35). The molecule has 0 aliphatic carbocycles. The first-order valence-electron chi connectivity index (χ1n) is 13.2. The van der Waals surface area contributed by atoms with Crippen LogP contribution in [0.5, 0.6) is 11.5 Å². The minimum Gasteiger partial charge on any atom is -0.486 e. The van der Waals surface area contributed by atoms with Gasteiger partial charge in [-0.25, -0.2) is 4.79 Å². The van der Waals surface area contributed by atoms with Crippen molar-refractivity contribution in [2.75, 3.05) is 25.6 Å². The Morgan fingerprint density at radius 2 is 1.90 bits per heavy atom. The number of carbonyl (C=O) groups is 2. The molecule has 3 aromatic heterocycles. The molecule has 2 aromatic carbocycles. The Balaban J connectivity index is 1.31. The molecule has 4 heterocycles. The van der Waals surface area contributed by atoms with E-state index >= 15 is 0 Å². The molecule has 210 valence electrons. The summed E-state index contributed by atoms with van der Waals surface area (Å²) in [6.07, 6.45) is 0.544. The van der Waals surface area contributed by atoms with E-state index in [1.165, 1.54) is 30.2 Å². The van der Waals surface area contributed by atoms with Crippen molar-refractivity contribution in [3.63, 3.8) is 0 Å². The Kier molecular flexibility index (Phi) is 7.31. The summed E-state index contributed by atoms with van der Waals surface area (Å²) < 4.78 is 18.5. The van der Waals surface area contributed by atoms with E-state index in [0.717, 1.165) is 33.2 Å². The Hall–Kier alpha value is -4.09. The first-order valence-corrected chi connectivity index (χ1v) is 15.0. The summed E-state index contributed by atoms with van der Waals surface area (Å²) in [5.41, 5.74) is 5.69. The largest absolute Gasteiger partial charge is 0.486 e. The van der Waals surface area contributed by atoms with Gasteiger partial charge in [-0.15, -0.1) is 21.5 Å².